The molecule has 0 bridgehead atoms. The summed E-state index contributed by atoms with van der Waals surface area (Å²) in [6.45, 7) is 5.22. The van der Waals surface area contributed by atoms with Crippen LogP contribution in [0.25, 0.3) is 0 Å². The first-order valence-electron chi connectivity index (χ1n) is 6.93. The van der Waals surface area contributed by atoms with Crippen molar-refractivity contribution in [2.45, 2.75) is 37.1 Å². The average molecular weight is 385 g/mol. The van der Waals surface area contributed by atoms with Gasteiger partial charge in [-0.1, -0.05) is 43.6 Å². The number of thioether (sulfide) groups is 1. The zero-order valence-electron chi connectivity index (χ0n) is 12.2. The molecule has 0 unspecified atom stereocenters. The van der Waals surface area contributed by atoms with Crippen LogP contribution in [0.3, 0.4) is 0 Å². The lowest BCUT2D eigenvalue weighted by Crippen LogP contribution is -2.21. The Morgan fingerprint density at radius 3 is 2.38 bits per heavy atom. The molecule has 0 aliphatic carbocycles. The molecule has 4 heteroatoms. The molecule has 0 heterocycles. The Morgan fingerprint density at radius 1 is 1.10 bits per heavy atom. The van der Waals surface area contributed by atoms with Gasteiger partial charge in [0.2, 0.25) is 0 Å². The van der Waals surface area contributed by atoms with E-state index >= 15 is 0 Å². The van der Waals surface area contributed by atoms with E-state index in [9.17, 15) is 0 Å². The quantitative estimate of drug-likeness (QED) is 0.623. The summed E-state index contributed by atoms with van der Waals surface area (Å²) in [4.78, 5) is 1.26. The maximum absolute atomic E-state index is 5.90. The van der Waals surface area contributed by atoms with E-state index in [-0.39, 0.29) is 0 Å². The normalized spacial score (nSPS) is 11.1. The molecule has 0 saturated heterocycles. The van der Waals surface area contributed by atoms with E-state index in [1.807, 2.05) is 23.9 Å². The molecule has 0 aliphatic heterocycles. The molecule has 0 spiro atoms. The van der Waals surface area contributed by atoms with Gasteiger partial charge in [-0.2, -0.15) is 0 Å². The van der Waals surface area contributed by atoms with Crippen molar-refractivity contribution in [3.05, 3.63) is 63.1 Å². The number of nitrogens with one attached hydrogen (secondary N) is 1. The minimum Gasteiger partial charge on any atom is -0.310 e. The van der Waals surface area contributed by atoms with Crippen molar-refractivity contribution in [2.24, 2.45) is 0 Å². The monoisotopic (exact) mass is 383 g/mol. The highest BCUT2D eigenvalue weighted by molar-refractivity contribution is 9.10. The molecule has 0 fully saturated rings. The van der Waals surface area contributed by atoms with Crippen molar-refractivity contribution in [2.75, 3.05) is 0 Å². The van der Waals surface area contributed by atoms with E-state index in [1.54, 1.807) is 0 Å². The zero-order valence-corrected chi connectivity index (χ0v) is 15.4. The molecule has 0 aromatic heterocycles. The lowest BCUT2D eigenvalue weighted by Gasteiger charge is -2.10. The third-order valence-electron chi connectivity index (χ3n) is 3.02. The van der Waals surface area contributed by atoms with Crippen molar-refractivity contribution in [3.63, 3.8) is 0 Å². The molecular formula is C17H19BrClNS. The van der Waals surface area contributed by atoms with Gasteiger partial charge in [0.15, 0.2) is 0 Å². The minimum absolute atomic E-state index is 0.503. The highest BCUT2D eigenvalue weighted by Gasteiger charge is 2.04. The van der Waals surface area contributed by atoms with E-state index in [2.05, 4.69) is 65.4 Å². The molecule has 1 N–H and O–H groups in total. The number of hydrogen-bond donors (Lipinski definition) is 1. The fourth-order valence-electron chi connectivity index (χ4n) is 1.84. The van der Waals surface area contributed by atoms with E-state index in [0.29, 0.717) is 6.04 Å². The molecule has 0 aliphatic rings. The third kappa shape index (κ3) is 5.67. The van der Waals surface area contributed by atoms with Crippen molar-refractivity contribution in [1.29, 1.82) is 0 Å². The summed E-state index contributed by atoms with van der Waals surface area (Å²) in [5.74, 6) is 0.944. The predicted octanol–water partition coefficient (Wildman–Crippen LogP) is 5.89. The number of benzene rings is 2. The Bertz CT molecular complexity index is 584. The first kappa shape index (κ1) is 16.9. The lowest BCUT2D eigenvalue weighted by molar-refractivity contribution is 0.588. The Kier molecular flexibility index (Phi) is 6.62. The fourth-order valence-corrected chi connectivity index (χ4v) is 3.61. The minimum atomic E-state index is 0.503. The topological polar surface area (TPSA) is 12.0 Å². The molecule has 0 saturated carbocycles. The first-order valence-corrected chi connectivity index (χ1v) is 9.09. The van der Waals surface area contributed by atoms with E-state index in [4.69, 9.17) is 11.6 Å². The lowest BCUT2D eigenvalue weighted by atomic mass is 10.2. The highest BCUT2D eigenvalue weighted by Crippen LogP contribution is 2.31. The maximum Gasteiger partial charge on any atom is 0.0406 e. The molecule has 0 atom stereocenters. The van der Waals surface area contributed by atoms with Gasteiger partial charge in [0, 0.05) is 32.7 Å². The summed E-state index contributed by atoms with van der Waals surface area (Å²) in [5.41, 5.74) is 2.58. The van der Waals surface area contributed by atoms with Crippen LogP contribution >= 0.6 is 39.3 Å². The Hall–Kier alpha value is -0.480. The van der Waals surface area contributed by atoms with Gasteiger partial charge in [-0.25, -0.2) is 0 Å². The summed E-state index contributed by atoms with van der Waals surface area (Å²) >= 11 is 11.4. The average Bonchev–Trinajstić information content (AvgIpc) is 2.46. The summed E-state index contributed by atoms with van der Waals surface area (Å²) in [6.07, 6.45) is 0. The summed E-state index contributed by atoms with van der Waals surface area (Å²) in [7, 11) is 0. The van der Waals surface area contributed by atoms with E-state index in [0.717, 1.165) is 21.8 Å². The van der Waals surface area contributed by atoms with Crippen molar-refractivity contribution >= 4 is 39.3 Å². The number of rotatable bonds is 6. The molecular weight excluding hydrogens is 366 g/mol. The standard InChI is InChI=1S/C17H19BrClNS/c1-12(2)20-10-14-5-8-17(16(18)9-14)21-11-13-3-6-15(19)7-4-13/h3-9,12,20H,10-11H2,1-2H3. The fraction of sp³-hybridized carbons (Fsp3) is 0.294. The first-order chi connectivity index (χ1) is 10.0. The van der Waals surface area contributed by atoms with E-state index < -0.39 is 0 Å². The van der Waals surface area contributed by atoms with Gasteiger partial charge in [-0.05, 0) is 51.3 Å². The van der Waals surface area contributed by atoms with Gasteiger partial charge in [0.25, 0.3) is 0 Å². The zero-order chi connectivity index (χ0) is 15.2. The largest absolute Gasteiger partial charge is 0.310 e. The summed E-state index contributed by atoms with van der Waals surface area (Å²) in [6, 6.07) is 15.1. The molecule has 2 rings (SSSR count). The molecule has 2 aromatic rings. The van der Waals surface area contributed by atoms with Gasteiger partial charge < -0.3 is 5.32 Å². The Labute approximate surface area is 144 Å². The maximum atomic E-state index is 5.90. The SMILES string of the molecule is CC(C)NCc1ccc(SCc2ccc(Cl)cc2)c(Br)c1. The van der Waals surface area contributed by atoms with Crippen LogP contribution in [0.15, 0.2) is 51.8 Å². The van der Waals surface area contributed by atoms with Crippen molar-refractivity contribution in [1.82, 2.24) is 5.32 Å². The second-order valence-electron chi connectivity index (χ2n) is 5.22. The molecule has 1 nitrogen and oxygen atoms in total. The van der Waals surface area contributed by atoms with Gasteiger partial charge >= 0.3 is 0 Å². The van der Waals surface area contributed by atoms with Crippen LogP contribution in [0.2, 0.25) is 5.02 Å². The smallest absolute Gasteiger partial charge is 0.0406 e. The van der Waals surface area contributed by atoms with Crippen LogP contribution in [-0.4, -0.2) is 6.04 Å². The highest BCUT2D eigenvalue weighted by atomic mass is 79.9. The third-order valence-corrected chi connectivity index (χ3v) is 5.33. The summed E-state index contributed by atoms with van der Waals surface area (Å²) in [5, 5.41) is 4.22. The van der Waals surface area contributed by atoms with Gasteiger partial charge in [-0.3, -0.25) is 0 Å². The molecule has 21 heavy (non-hydrogen) atoms. The molecule has 112 valence electrons. The van der Waals surface area contributed by atoms with Crippen LogP contribution in [0.1, 0.15) is 25.0 Å². The van der Waals surface area contributed by atoms with Crippen LogP contribution in [0.4, 0.5) is 0 Å². The van der Waals surface area contributed by atoms with Crippen LogP contribution in [0, 0.1) is 0 Å². The molecule has 0 radical (unpaired) electrons. The van der Waals surface area contributed by atoms with Crippen LogP contribution in [-0.2, 0) is 12.3 Å². The molecule has 2 aromatic carbocycles. The van der Waals surface area contributed by atoms with Gasteiger partial charge in [0.1, 0.15) is 0 Å². The summed E-state index contributed by atoms with van der Waals surface area (Å²) < 4.78 is 1.16. The van der Waals surface area contributed by atoms with E-state index in [1.165, 1.54) is 16.0 Å². The number of halogens is 2. The number of hydrogen-bond acceptors (Lipinski definition) is 2. The molecule has 0 amide bonds. The van der Waals surface area contributed by atoms with Crippen molar-refractivity contribution in [3.8, 4) is 0 Å². The second-order valence-corrected chi connectivity index (χ2v) is 7.52. The second kappa shape index (κ2) is 8.23. The Balaban J connectivity index is 1.95. The van der Waals surface area contributed by atoms with Gasteiger partial charge in [0.05, 0.1) is 0 Å². The Morgan fingerprint density at radius 2 is 1.76 bits per heavy atom. The van der Waals surface area contributed by atoms with Crippen LogP contribution in [0.5, 0.6) is 0 Å². The predicted molar refractivity (Wildman–Crippen MR) is 97.1 cm³/mol. The van der Waals surface area contributed by atoms with Crippen molar-refractivity contribution < 1.29 is 0 Å². The van der Waals surface area contributed by atoms with Gasteiger partial charge in [-0.15, -0.1) is 11.8 Å². The van der Waals surface area contributed by atoms with Crippen LogP contribution < -0.4 is 5.32 Å².